The molecule has 3 nitrogen and oxygen atoms in total. The van der Waals surface area contributed by atoms with Crippen molar-refractivity contribution in [2.75, 3.05) is 6.61 Å². The number of hydrogen-bond donors (Lipinski definition) is 0. The van der Waals surface area contributed by atoms with Gasteiger partial charge in [-0.05, 0) is 25.2 Å². The van der Waals surface area contributed by atoms with Gasteiger partial charge in [-0.3, -0.25) is 4.79 Å². The standard InChI is InChI=1S/C13H23F3O3S2Si.CH4/c1-6-18-12(20)21-10(8-22(3,4)5)7-11(13(14,15)16)19-9(2)17;/h10-11H,6-8H2,1-5H3;1H4. The lowest BCUT2D eigenvalue weighted by atomic mass is 10.2. The van der Waals surface area contributed by atoms with Gasteiger partial charge in [0.25, 0.3) is 0 Å². The number of esters is 1. The summed E-state index contributed by atoms with van der Waals surface area (Å²) in [6.45, 7) is 9.32. The average molecular weight is 393 g/mol. The highest BCUT2D eigenvalue weighted by Crippen LogP contribution is 2.34. The molecular formula is C14H27F3O3S2Si. The van der Waals surface area contributed by atoms with Gasteiger partial charge in [0, 0.05) is 26.7 Å². The molecule has 0 aliphatic rings. The van der Waals surface area contributed by atoms with Gasteiger partial charge in [-0.25, -0.2) is 0 Å². The fourth-order valence-corrected chi connectivity index (χ4v) is 6.45. The van der Waals surface area contributed by atoms with E-state index in [4.69, 9.17) is 17.0 Å². The zero-order valence-corrected chi connectivity index (χ0v) is 16.1. The molecule has 0 aromatic rings. The Bertz CT molecular complexity index is 384. The molecule has 0 bridgehead atoms. The quantitative estimate of drug-likeness (QED) is 0.335. The van der Waals surface area contributed by atoms with E-state index in [1.807, 2.05) is 0 Å². The maximum Gasteiger partial charge on any atom is 0.425 e. The Kier molecular flexibility index (Phi) is 11.5. The molecule has 0 radical (unpaired) electrons. The Labute approximate surface area is 147 Å². The van der Waals surface area contributed by atoms with Gasteiger partial charge in [-0.2, -0.15) is 13.2 Å². The molecule has 2 unspecified atom stereocenters. The van der Waals surface area contributed by atoms with Gasteiger partial charge in [0.15, 0.2) is 6.10 Å². The van der Waals surface area contributed by atoms with Crippen LogP contribution in [-0.2, 0) is 14.3 Å². The van der Waals surface area contributed by atoms with E-state index in [-0.39, 0.29) is 18.2 Å². The number of hydrogen-bond acceptors (Lipinski definition) is 5. The highest BCUT2D eigenvalue weighted by molar-refractivity contribution is 8.23. The fraction of sp³-hybridized carbons (Fsp3) is 0.857. The van der Waals surface area contributed by atoms with Crippen LogP contribution in [-0.4, -0.2) is 42.6 Å². The Balaban J connectivity index is 0. The van der Waals surface area contributed by atoms with Crippen molar-refractivity contribution in [1.29, 1.82) is 0 Å². The number of carbonyl (C=O) groups excluding carboxylic acids is 1. The van der Waals surface area contributed by atoms with Crippen molar-refractivity contribution in [3.8, 4) is 0 Å². The SMILES string of the molecule is C.CCOC(=S)SC(CC(OC(C)=O)C(F)(F)F)C[Si](C)(C)C. The van der Waals surface area contributed by atoms with Crippen LogP contribution in [0.25, 0.3) is 0 Å². The Morgan fingerprint density at radius 1 is 1.30 bits per heavy atom. The van der Waals surface area contributed by atoms with Gasteiger partial charge in [-0.1, -0.05) is 38.8 Å². The van der Waals surface area contributed by atoms with Crippen molar-refractivity contribution in [2.24, 2.45) is 0 Å². The summed E-state index contributed by atoms with van der Waals surface area (Å²) >= 11 is 6.14. The largest absolute Gasteiger partial charge is 0.479 e. The molecule has 0 amide bonds. The summed E-state index contributed by atoms with van der Waals surface area (Å²) in [5.41, 5.74) is 0. The Hall–Kier alpha value is -0.283. The summed E-state index contributed by atoms with van der Waals surface area (Å²) < 4.78 is 48.9. The lowest BCUT2D eigenvalue weighted by molar-refractivity contribution is -0.221. The van der Waals surface area contributed by atoms with Crippen LogP contribution in [0.5, 0.6) is 0 Å². The van der Waals surface area contributed by atoms with Crippen LogP contribution in [0.4, 0.5) is 13.2 Å². The predicted octanol–water partition coefficient (Wildman–Crippen LogP) is 5.27. The molecule has 0 N–H and O–H groups in total. The van der Waals surface area contributed by atoms with E-state index >= 15 is 0 Å². The summed E-state index contributed by atoms with van der Waals surface area (Å²) in [5, 5.41) is -0.392. The topological polar surface area (TPSA) is 35.5 Å². The van der Waals surface area contributed by atoms with E-state index in [9.17, 15) is 18.0 Å². The van der Waals surface area contributed by atoms with Crippen molar-refractivity contribution < 1.29 is 27.4 Å². The minimum atomic E-state index is -4.59. The van der Waals surface area contributed by atoms with E-state index in [1.165, 1.54) is 0 Å². The highest BCUT2D eigenvalue weighted by atomic mass is 32.2. The Morgan fingerprint density at radius 2 is 1.83 bits per heavy atom. The molecule has 0 heterocycles. The van der Waals surface area contributed by atoms with Crippen molar-refractivity contribution >= 4 is 42.4 Å². The average Bonchev–Trinajstić information content (AvgIpc) is 2.23. The third kappa shape index (κ3) is 12.8. The second kappa shape index (κ2) is 10.6. The molecule has 23 heavy (non-hydrogen) atoms. The summed E-state index contributed by atoms with van der Waals surface area (Å²) in [6, 6.07) is 0.624. The second-order valence-electron chi connectivity index (χ2n) is 6.06. The Morgan fingerprint density at radius 3 is 2.17 bits per heavy atom. The molecule has 0 aliphatic heterocycles. The number of thiocarbonyl (C=S) groups is 1. The molecule has 0 fully saturated rings. The van der Waals surface area contributed by atoms with Crippen LogP contribution < -0.4 is 0 Å². The van der Waals surface area contributed by atoms with Crippen LogP contribution in [0, 0.1) is 0 Å². The first kappa shape index (κ1) is 25.0. The van der Waals surface area contributed by atoms with Crippen molar-refractivity contribution in [3.63, 3.8) is 0 Å². The van der Waals surface area contributed by atoms with E-state index in [2.05, 4.69) is 24.4 Å². The molecule has 0 spiro atoms. The maximum absolute atomic E-state index is 13.0. The summed E-state index contributed by atoms with van der Waals surface area (Å²) in [6.07, 6.45) is -7.01. The first-order valence-corrected chi connectivity index (χ1v) is 11.9. The summed E-state index contributed by atoms with van der Waals surface area (Å²) in [4.78, 5) is 10.9. The van der Waals surface area contributed by atoms with Gasteiger partial charge in [0.2, 0.25) is 4.38 Å². The van der Waals surface area contributed by atoms with Gasteiger partial charge in [0.1, 0.15) is 0 Å². The summed E-state index contributed by atoms with van der Waals surface area (Å²) in [5.74, 6) is -0.938. The number of carbonyl (C=O) groups is 1. The zero-order valence-electron chi connectivity index (χ0n) is 13.5. The molecule has 2 atom stereocenters. The first-order chi connectivity index (χ1) is 9.85. The lowest BCUT2D eigenvalue weighted by Gasteiger charge is -2.28. The predicted molar refractivity (Wildman–Crippen MR) is 96.7 cm³/mol. The monoisotopic (exact) mass is 392 g/mol. The number of halogens is 3. The molecule has 9 heteroatoms. The van der Waals surface area contributed by atoms with Crippen LogP contribution in [0.15, 0.2) is 0 Å². The molecule has 0 aromatic heterocycles. The highest BCUT2D eigenvalue weighted by Gasteiger charge is 2.44. The van der Waals surface area contributed by atoms with Gasteiger partial charge in [-0.15, -0.1) is 0 Å². The normalized spacial score (nSPS) is 14.4. The van der Waals surface area contributed by atoms with E-state index in [0.29, 0.717) is 12.7 Å². The zero-order chi connectivity index (χ0) is 17.6. The molecule has 0 saturated heterocycles. The van der Waals surface area contributed by atoms with Crippen LogP contribution >= 0.6 is 24.0 Å². The third-order valence-corrected chi connectivity index (χ3v) is 5.94. The van der Waals surface area contributed by atoms with Gasteiger partial charge < -0.3 is 9.47 Å². The molecule has 138 valence electrons. The van der Waals surface area contributed by atoms with Crippen LogP contribution in [0.1, 0.15) is 27.7 Å². The van der Waals surface area contributed by atoms with E-state index in [0.717, 1.165) is 18.7 Å². The van der Waals surface area contributed by atoms with Crippen LogP contribution in [0.3, 0.4) is 0 Å². The van der Waals surface area contributed by atoms with Crippen LogP contribution in [0.2, 0.25) is 25.7 Å². The minimum Gasteiger partial charge on any atom is -0.479 e. The smallest absolute Gasteiger partial charge is 0.425 e. The number of rotatable bonds is 7. The minimum absolute atomic E-state index is 0. The maximum atomic E-state index is 13.0. The van der Waals surface area contributed by atoms with E-state index < -0.39 is 31.6 Å². The number of ether oxygens (including phenoxy) is 2. The number of alkyl halides is 3. The van der Waals surface area contributed by atoms with Crippen molar-refractivity contribution in [2.45, 2.75) is 70.9 Å². The van der Waals surface area contributed by atoms with E-state index in [1.54, 1.807) is 6.92 Å². The number of thioether (sulfide) groups is 1. The molecule has 0 aromatic carbocycles. The van der Waals surface area contributed by atoms with Gasteiger partial charge in [0.05, 0.1) is 6.61 Å². The molecular weight excluding hydrogens is 365 g/mol. The molecule has 0 rings (SSSR count). The molecule has 0 aliphatic carbocycles. The third-order valence-electron chi connectivity index (χ3n) is 2.52. The van der Waals surface area contributed by atoms with Crippen molar-refractivity contribution in [1.82, 2.24) is 0 Å². The lowest BCUT2D eigenvalue weighted by Crippen LogP contribution is -2.38. The van der Waals surface area contributed by atoms with Crippen molar-refractivity contribution in [3.05, 3.63) is 0 Å². The molecule has 0 saturated carbocycles. The summed E-state index contributed by atoms with van der Waals surface area (Å²) in [7, 11) is -1.62. The second-order valence-corrected chi connectivity index (χ2v) is 13.5. The van der Waals surface area contributed by atoms with Gasteiger partial charge >= 0.3 is 12.1 Å². The fourth-order valence-electron chi connectivity index (χ4n) is 1.83. The first-order valence-electron chi connectivity index (χ1n) is 6.92.